The molecule has 14 heavy (non-hydrogen) atoms. The molecule has 0 aromatic rings. The highest BCUT2D eigenvalue weighted by Crippen LogP contribution is 2.41. The highest BCUT2D eigenvalue weighted by atomic mass is 15.1. The van der Waals surface area contributed by atoms with Gasteiger partial charge in [-0.25, -0.2) is 0 Å². The third-order valence-electron chi connectivity index (χ3n) is 3.93. The van der Waals surface area contributed by atoms with Crippen LogP contribution in [0.15, 0.2) is 0 Å². The van der Waals surface area contributed by atoms with Crippen LogP contribution in [0.1, 0.15) is 32.1 Å². The summed E-state index contributed by atoms with van der Waals surface area (Å²) in [6.07, 6.45) is 7.33. The first-order valence-corrected chi connectivity index (χ1v) is 6.06. The van der Waals surface area contributed by atoms with Crippen molar-refractivity contribution in [3.63, 3.8) is 0 Å². The van der Waals surface area contributed by atoms with E-state index < -0.39 is 0 Å². The smallest absolute Gasteiger partial charge is 0.00446 e. The van der Waals surface area contributed by atoms with Gasteiger partial charge in [-0.2, -0.15) is 0 Å². The van der Waals surface area contributed by atoms with Crippen molar-refractivity contribution in [1.82, 2.24) is 10.2 Å². The Morgan fingerprint density at radius 1 is 1.36 bits per heavy atom. The third-order valence-corrected chi connectivity index (χ3v) is 3.93. The summed E-state index contributed by atoms with van der Waals surface area (Å²) in [4.78, 5) is 2.37. The summed E-state index contributed by atoms with van der Waals surface area (Å²) in [6, 6.07) is 0. The molecule has 1 aliphatic heterocycles. The van der Waals surface area contributed by atoms with Crippen LogP contribution in [0.2, 0.25) is 0 Å². The first-order valence-electron chi connectivity index (χ1n) is 6.06. The molecule has 1 unspecified atom stereocenters. The van der Waals surface area contributed by atoms with Gasteiger partial charge in [0.05, 0.1) is 0 Å². The van der Waals surface area contributed by atoms with Crippen molar-refractivity contribution in [2.24, 2.45) is 11.3 Å². The van der Waals surface area contributed by atoms with Gasteiger partial charge >= 0.3 is 0 Å². The zero-order chi connectivity index (χ0) is 10.0. The van der Waals surface area contributed by atoms with E-state index in [9.17, 15) is 0 Å². The zero-order valence-corrected chi connectivity index (χ0v) is 9.68. The van der Waals surface area contributed by atoms with Crippen LogP contribution < -0.4 is 5.32 Å². The number of nitrogens with one attached hydrogen (secondary N) is 1. The van der Waals surface area contributed by atoms with Crippen LogP contribution in [0, 0.1) is 11.3 Å². The molecule has 0 radical (unpaired) electrons. The van der Waals surface area contributed by atoms with Crippen LogP contribution in [0.5, 0.6) is 0 Å². The molecule has 1 N–H and O–H groups in total. The van der Waals surface area contributed by atoms with Gasteiger partial charge in [-0.1, -0.05) is 19.3 Å². The van der Waals surface area contributed by atoms with Gasteiger partial charge in [0.2, 0.25) is 0 Å². The van der Waals surface area contributed by atoms with Gasteiger partial charge in [0.1, 0.15) is 0 Å². The van der Waals surface area contributed by atoms with Crippen molar-refractivity contribution in [3.8, 4) is 0 Å². The highest BCUT2D eigenvalue weighted by Gasteiger charge is 2.37. The second kappa shape index (κ2) is 4.19. The van der Waals surface area contributed by atoms with Crippen molar-refractivity contribution in [1.29, 1.82) is 0 Å². The van der Waals surface area contributed by atoms with E-state index in [2.05, 4.69) is 24.3 Å². The Morgan fingerprint density at radius 2 is 2.14 bits per heavy atom. The molecule has 0 spiro atoms. The lowest BCUT2D eigenvalue weighted by Crippen LogP contribution is -2.38. The molecule has 2 heteroatoms. The minimum atomic E-state index is 0.606. The molecule has 1 heterocycles. The normalized spacial score (nSPS) is 33.6. The lowest BCUT2D eigenvalue weighted by Gasteiger charge is -2.38. The first kappa shape index (κ1) is 10.4. The van der Waals surface area contributed by atoms with Crippen LogP contribution in [-0.4, -0.2) is 38.6 Å². The first-order chi connectivity index (χ1) is 6.70. The molecule has 2 aliphatic rings. The van der Waals surface area contributed by atoms with E-state index in [0.29, 0.717) is 5.41 Å². The molecule has 1 atom stereocenters. The summed E-state index contributed by atoms with van der Waals surface area (Å²) in [5.41, 5.74) is 0.606. The predicted octanol–water partition coefficient (Wildman–Crippen LogP) is 1.72. The van der Waals surface area contributed by atoms with E-state index in [4.69, 9.17) is 0 Å². The largest absolute Gasteiger partial charge is 0.316 e. The Bertz CT molecular complexity index is 179. The van der Waals surface area contributed by atoms with Gasteiger partial charge in [0, 0.05) is 13.1 Å². The fraction of sp³-hybridized carbons (Fsp3) is 1.00. The van der Waals surface area contributed by atoms with Crippen molar-refractivity contribution < 1.29 is 0 Å². The molecule has 1 aliphatic carbocycles. The lowest BCUT2D eigenvalue weighted by molar-refractivity contribution is 0.136. The number of hydrogen-bond donors (Lipinski definition) is 1. The van der Waals surface area contributed by atoms with E-state index in [1.165, 1.54) is 51.7 Å². The summed E-state index contributed by atoms with van der Waals surface area (Å²) in [6.45, 7) is 3.76. The van der Waals surface area contributed by atoms with Crippen molar-refractivity contribution in [2.45, 2.75) is 32.1 Å². The molecule has 0 aromatic heterocycles. The fourth-order valence-electron chi connectivity index (χ4n) is 3.15. The highest BCUT2D eigenvalue weighted by molar-refractivity contribution is 4.92. The SMILES string of the molecule is CN(C)CC1(CC2CCC2)CCNC1. The molecule has 2 nitrogen and oxygen atoms in total. The minimum absolute atomic E-state index is 0.606. The van der Waals surface area contributed by atoms with Gasteiger partial charge in [-0.3, -0.25) is 0 Å². The average molecular weight is 196 g/mol. The molecule has 0 amide bonds. The Labute approximate surface area is 88.1 Å². The Balaban J connectivity index is 1.90. The number of nitrogens with zero attached hydrogens (tertiary/aromatic N) is 1. The minimum Gasteiger partial charge on any atom is -0.316 e. The lowest BCUT2D eigenvalue weighted by atomic mass is 9.71. The zero-order valence-electron chi connectivity index (χ0n) is 9.68. The summed E-state index contributed by atoms with van der Waals surface area (Å²) < 4.78 is 0. The van der Waals surface area contributed by atoms with Crippen LogP contribution in [0.3, 0.4) is 0 Å². The van der Waals surface area contributed by atoms with Gasteiger partial charge in [-0.05, 0) is 44.8 Å². The van der Waals surface area contributed by atoms with Crippen LogP contribution >= 0.6 is 0 Å². The van der Waals surface area contributed by atoms with E-state index in [-0.39, 0.29) is 0 Å². The average Bonchev–Trinajstić information content (AvgIpc) is 2.45. The van der Waals surface area contributed by atoms with Gasteiger partial charge in [-0.15, -0.1) is 0 Å². The van der Waals surface area contributed by atoms with E-state index in [1.54, 1.807) is 0 Å². The van der Waals surface area contributed by atoms with Crippen molar-refractivity contribution in [2.75, 3.05) is 33.7 Å². The summed E-state index contributed by atoms with van der Waals surface area (Å²) >= 11 is 0. The Kier molecular flexibility index (Phi) is 3.13. The predicted molar refractivity (Wildman–Crippen MR) is 60.4 cm³/mol. The van der Waals surface area contributed by atoms with E-state index in [1.807, 2.05) is 0 Å². The Morgan fingerprint density at radius 3 is 2.57 bits per heavy atom. The molecule has 0 bridgehead atoms. The van der Waals surface area contributed by atoms with Crippen molar-refractivity contribution >= 4 is 0 Å². The summed E-state index contributed by atoms with van der Waals surface area (Å²) in [5.74, 6) is 1.05. The standard InChI is InChI=1S/C12H24N2/c1-14(2)10-12(6-7-13-9-12)8-11-4-3-5-11/h11,13H,3-10H2,1-2H3. The number of hydrogen-bond acceptors (Lipinski definition) is 2. The summed E-state index contributed by atoms with van der Waals surface area (Å²) in [5, 5.41) is 3.55. The monoisotopic (exact) mass is 196 g/mol. The fourth-order valence-corrected chi connectivity index (χ4v) is 3.15. The van der Waals surface area contributed by atoms with Crippen LogP contribution in [-0.2, 0) is 0 Å². The van der Waals surface area contributed by atoms with Gasteiger partial charge < -0.3 is 10.2 Å². The quantitative estimate of drug-likeness (QED) is 0.736. The molecule has 82 valence electrons. The second-order valence-electron chi connectivity index (χ2n) is 5.67. The molecular weight excluding hydrogens is 172 g/mol. The third kappa shape index (κ3) is 2.29. The maximum Gasteiger partial charge on any atom is 0.00446 e. The molecule has 2 rings (SSSR count). The van der Waals surface area contributed by atoms with Gasteiger partial charge in [0.25, 0.3) is 0 Å². The van der Waals surface area contributed by atoms with Gasteiger partial charge in [0.15, 0.2) is 0 Å². The molecule has 0 aromatic carbocycles. The molecule has 1 saturated carbocycles. The van der Waals surface area contributed by atoms with E-state index >= 15 is 0 Å². The van der Waals surface area contributed by atoms with Crippen LogP contribution in [0.4, 0.5) is 0 Å². The second-order valence-corrected chi connectivity index (χ2v) is 5.67. The molecular formula is C12H24N2. The molecule has 1 saturated heterocycles. The molecule has 2 fully saturated rings. The number of rotatable bonds is 4. The van der Waals surface area contributed by atoms with Crippen LogP contribution in [0.25, 0.3) is 0 Å². The summed E-state index contributed by atoms with van der Waals surface area (Å²) in [7, 11) is 4.42. The maximum absolute atomic E-state index is 3.55. The van der Waals surface area contributed by atoms with E-state index in [0.717, 1.165) is 5.92 Å². The Hall–Kier alpha value is -0.0800. The topological polar surface area (TPSA) is 15.3 Å². The maximum atomic E-state index is 3.55. The van der Waals surface area contributed by atoms with Crippen molar-refractivity contribution in [3.05, 3.63) is 0 Å².